The number of hydrogen-bond donors (Lipinski definition) is 2. The molecule has 1 heterocycles. The van der Waals surface area contributed by atoms with E-state index in [1.165, 1.54) is 30.5 Å². The summed E-state index contributed by atoms with van der Waals surface area (Å²) < 4.78 is 6.62. The summed E-state index contributed by atoms with van der Waals surface area (Å²) >= 11 is 3.48. The van der Waals surface area contributed by atoms with Gasteiger partial charge >= 0.3 is 0 Å². The molecule has 1 amide bonds. The highest BCUT2D eigenvalue weighted by molar-refractivity contribution is 9.10. The van der Waals surface area contributed by atoms with Gasteiger partial charge in [0.25, 0.3) is 5.91 Å². The Kier molecular flexibility index (Phi) is 4.77. The lowest BCUT2D eigenvalue weighted by molar-refractivity contribution is 0.0955. The number of nitrogens with one attached hydrogen (secondary N) is 1. The van der Waals surface area contributed by atoms with E-state index in [-0.39, 0.29) is 11.7 Å². The Morgan fingerprint density at radius 2 is 1.83 bits per heavy atom. The van der Waals surface area contributed by atoms with Crippen LogP contribution in [0.4, 0.5) is 0 Å². The van der Waals surface area contributed by atoms with Gasteiger partial charge in [-0.25, -0.2) is 5.43 Å². The monoisotopic (exact) mass is 384 g/mol. The van der Waals surface area contributed by atoms with Crippen molar-refractivity contribution in [3.8, 4) is 17.1 Å². The average Bonchev–Trinajstić information content (AvgIpc) is 3.04. The van der Waals surface area contributed by atoms with Crippen LogP contribution in [0, 0.1) is 0 Å². The summed E-state index contributed by atoms with van der Waals surface area (Å²) in [6, 6.07) is 17.2. The molecule has 5 nitrogen and oxygen atoms in total. The van der Waals surface area contributed by atoms with E-state index in [9.17, 15) is 9.90 Å². The van der Waals surface area contributed by atoms with E-state index < -0.39 is 0 Å². The minimum Gasteiger partial charge on any atom is -0.508 e. The molecule has 0 unspecified atom stereocenters. The minimum absolute atomic E-state index is 0.102. The number of amides is 1. The van der Waals surface area contributed by atoms with Crippen LogP contribution in [-0.2, 0) is 0 Å². The van der Waals surface area contributed by atoms with Crippen LogP contribution in [0.1, 0.15) is 16.1 Å². The Bertz CT molecular complexity index is 885. The van der Waals surface area contributed by atoms with Gasteiger partial charge in [-0.1, -0.05) is 34.1 Å². The SMILES string of the molecule is O=C(N/N=C\c1ccc(-c2ccccc2Br)o1)c1ccc(O)cc1. The third-order valence-electron chi connectivity index (χ3n) is 3.25. The molecule has 0 aliphatic rings. The quantitative estimate of drug-likeness (QED) is 0.523. The van der Waals surface area contributed by atoms with Crippen LogP contribution in [-0.4, -0.2) is 17.2 Å². The Labute approximate surface area is 146 Å². The Balaban J connectivity index is 1.66. The van der Waals surface area contributed by atoms with Crippen molar-refractivity contribution in [2.24, 2.45) is 5.10 Å². The summed E-state index contributed by atoms with van der Waals surface area (Å²) in [4.78, 5) is 11.9. The van der Waals surface area contributed by atoms with Crippen molar-refractivity contribution in [2.45, 2.75) is 0 Å². The highest BCUT2D eigenvalue weighted by Gasteiger charge is 2.07. The van der Waals surface area contributed by atoms with Crippen molar-refractivity contribution >= 4 is 28.1 Å². The number of carbonyl (C=O) groups is 1. The van der Waals surface area contributed by atoms with Gasteiger partial charge in [-0.3, -0.25) is 4.79 Å². The second-order valence-electron chi connectivity index (χ2n) is 4.93. The summed E-state index contributed by atoms with van der Waals surface area (Å²) in [6.07, 6.45) is 1.43. The maximum Gasteiger partial charge on any atom is 0.271 e. The molecule has 2 aromatic carbocycles. The summed E-state index contributed by atoms with van der Waals surface area (Å²) in [6.45, 7) is 0. The van der Waals surface area contributed by atoms with Crippen LogP contribution < -0.4 is 5.43 Å². The second-order valence-corrected chi connectivity index (χ2v) is 5.78. The van der Waals surface area contributed by atoms with Gasteiger partial charge in [0, 0.05) is 15.6 Å². The van der Waals surface area contributed by atoms with Gasteiger partial charge < -0.3 is 9.52 Å². The highest BCUT2D eigenvalue weighted by Crippen LogP contribution is 2.28. The number of hydrogen-bond acceptors (Lipinski definition) is 4. The first-order chi connectivity index (χ1) is 11.6. The largest absolute Gasteiger partial charge is 0.508 e. The lowest BCUT2D eigenvalue weighted by Crippen LogP contribution is -2.17. The van der Waals surface area contributed by atoms with Crippen molar-refractivity contribution in [1.82, 2.24) is 5.43 Å². The number of aromatic hydroxyl groups is 1. The van der Waals surface area contributed by atoms with E-state index in [4.69, 9.17) is 4.42 Å². The molecule has 6 heteroatoms. The standard InChI is InChI=1S/C18H13BrN2O3/c19-16-4-2-1-3-15(16)17-10-9-14(24-17)11-20-21-18(23)12-5-7-13(22)8-6-12/h1-11,22H,(H,21,23)/b20-11-. The fourth-order valence-corrected chi connectivity index (χ4v) is 2.54. The van der Waals surface area contributed by atoms with Crippen molar-refractivity contribution < 1.29 is 14.3 Å². The third kappa shape index (κ3) is 3.72. The number of halogens is 1. The van der Waals surface area contributed by atoms with Gasteiger partial charge in [0.1, 0.15) is 17.3 Å². The summed E-state index contributed by atoms with van der Waals surface area (Å²) in [7, 11) is 0. The van der Waals surface area contributed by atoms with Gasteiger partial charge in [0.05, 0.1) is 6.21 Å². The molecule has 3 rings (SSSR count). The lowest BCUT2D eigenvalue weighted by Gasteiger charge is -2.00. The molecular weight excluding hydrogens is 372 g/mol. The van der Waals surface area contributed by atoms with Crippen LogP contribution in [0.3, 0.4) is 0 Å². The number of phenols is 1. The van der Waals surface area contributed by atoms with Gasteiger partial charge in [-0.05, 0) is 42.5 Å². The molecule has 0 aliphatic heterocycles. The molecule has 0 fully saturated rings. The normalized spacial score (nSPS) is 10.9. The Morgan fingerprint density at radius 3 is 2.58 bits per heavy atom. The first-order valence-electron chi connectivity index (χ1n) is 7.10. The van der Waals surface area contributed by atoms with E-state index in [2.05, 4.69) is 26.5 Å². The fraction of sp³-hybridized carbons (Fsp3) is 0. The topological polar surface area (TPSA) is 74.8 Å². The predicted octanol–water partition coefficient (Wildman–Crippen LogP) is 4.18. The second kappa shape index (κ2) is 7.14. The predicted molar refractivity (Wildman–Crippen MR) is 95.0 cm³/mol. The highest BCUT2D eigenvalue weighted by atomic mass is 79.9. The lowest BCUT2D eigenvalue weighted by atomic mass is 10.2. The number of rotatable bonds is 4. The van der Waals surface area contributed by atoms with Crippen molar-refractivity contribution in [3.63, 3.8) is 0 Å². The Morgan fingerprint density at radius 1 is 1.08 bits per heavy atom. The van der Waals surface area contributed by atoms with Crippen LogP contribution >= 0.6 is 15.9 Å². The molecule has 0 spiro atoms. The number of carbonyl (C=O) groups excluding carboxylic acids is 1. The maximum absolute atomic E-state index is 11.9. The first-order valence-corrected chi connectivity index (χ1v) is 7.90. The molecule has 0 aliphatic carbocycles. The molecule has 3 aromatic rings. The number of hydrazone groups is 1. The van der Waals surface area contributed by atoms with Crippen LogP contribution in [0.25, 0.3) is 11.3 Å². The molecule has 24 heavy (non-hydrogen) atoms. The summed E-state index contributed by atoms with van der Waals surface area (Å²) in [5.41, 5.74) is 3.74. The number of phenolic OH excluding ortho intramolecular Hbond substituents is 1. The molecule has 0 atom stereocenters. The molecule has 120 valence electrons. The van der Waals surface area contributed by atoms with Crippen molar-refractivity contribution in [1.29, 1.82) is 0 Å². The zero-order valence-corrected chi connectivity index (χ0v) is 14.0. The van der Waals surface area contributed by atoms with Gasteiger partial charge in [0.2, 0.25) is 0 Å². The van der Waals surface area contributed by atoms with E-state index in [0.29, 0.717) is 17.1 Å². The molecule has 2 N–H and O–H groups in total. The van der Waals surface area contributed by atoms with Crippen molar-refractivity contribution in [3.05, 3.63) is 76.5 Å². The van der Waals surface area contributed by atoms with Crippen LogP contribution in [0.15, 0.2) is 74.7 Å². The molecule has 0 saturated carbocycles. The van der Waals surface area contributed by atoms with Gasteiger partial charge in [0.15, 0.2) is 0 Å². The van der Waals surface area contributed by atoms with E-state index in [1.807, 2.05) is 30.3 Å². The third-order valence-corrected chi connectivity index (χ3v) is 3.94. The van der Waals surface area contributed by atoms with Gasteiger partial charge in [-0.15, -0.1) is 0 Å². The molecule has 0 radical (unpaired) electrons. The zero-order valence-electron chi connectivity index (χ0n) is 12.4. The van der Waals surface area contributed by atoms with Crippen molar-refractivity contribution in [2.75, 3.05) is 0 Å². The van der Waals surface area contributed by atoms with Gasteiger partial charge in [-0.2, -0.15) is 5.10 Å². The van der Waals surface area contributed by atoms with E-state index >= 15 is 0 Å². The molecule has 0 bridgehead atoms. The van der Waals surface area contributed by atoms with Crippen LogP contribution in [0.2, 0.25) is 0 Å². The first kappa shape index (κ1) is 16.0. The zero-order chi connectivity index (χ0) is 16.9. The molecular formula is C18H13BrN2O3. The van der Waals surface area contributed by atoms with E-state index in [1.54, 1.807) is 6.07 Å². The maximum atomic E-state index is 11.9. The molecule has 0 saturated heterocycles. The Hall–Kier alpha value is -2.86. The average molecular weight is 385 g/mol. The minimum atomic E-state index is -0.371. The van der Waals surface area contributed by atoms with E-state index in [0.717, 1.165) is 10.0 Å². The number of benzene rings is 2. The number of furan rings is 1. The number of nitrogens with zero attached hydrogens (tertiary/aromatic N) is 1. The van der Waals surface area contributed by atoms with Crippen LogP contribution in [0.5, 0.6) is 5.75 Å². The summed E-state index contributed by atoms with van der Waals surface area (Å²) in [5, 5.41) is 13.1. The smallest absolute Gasteiger partial charge is 0.271 e. The summed E-state index contributed by atoms with van der Waals surface area (Å²) in [5.74, 6) is 0.953. The fourth-order valence-electron chi connectivity index (χ4n) is 2.06. The molecule has 1 aromatic heterocycles.